The monoisotopic (exact) mass is 226 g/mol. The molecule has 0 radical (unpaired) electrons. The predicted octanol–water partition coefficient (Wildman–Crippen LogP) is 2.18. The molecule has 0 aliphatic carbocycles. The molecule has 0 atom stereocenters. The number of nitrogens with one attached hydrogen (secondary N) is 1. The average Bonchev–Trinajstić information content (AvgIpc) is 2.82. The van der Waals surface area contributed by atoms with Crippen molar-refractivity contribution in [3.8, 4) is 6.07 Å². The average molecular weight is 226 g/mol. The minimum Gasteiger partial charge on any atom is -0.383 e. The molecular formula is C13H14N4. The summed E-state index contributed by atoms with van der Waals surface area (Å²) in [6.07, 6.45) is 5.50. The fourth-order valence-electron chi connectivity index (χ4n) is 1.65. The van der Waals surface area contributed by atoms with Crippen LogP contribution in [0.5, 0.6) is 0 Å². The van der Waals surface area contributed by atoms with Crippen LogP contribution in [-0.4, -0.2) is 16.1 Å². The summed E-state index contributed by atoms with van der Waals surface area (Å²) in [7, 11) is 0. The standard InChI is InChI=1S/C13H14N4/c1-11-8-13(3-2-12(11)9-14)16-5-7-17-6-4-15-10-17/h2-4,6,8,10,16H,5,7H2,1H3. The van der Waals surface area contributed by atoms with Gasteiger partial charge in [-0.3, -0.25) is 0 Å². The highest BCUT2D eigenvalue weighted by Gasteiger charge is 1.98. The van der Waals surface area contributed by atoms with Crippen molar-refractivity contribution in [1.82, 2.24) is 9.55 Å². The maximum absolute atomic E-state index is 8.83. The van der Waals surface area contributed by atoms with E-state index in [9.17, 15) is 0 Å². The summed E-state index contributed by atoms with van der Waals surface area (Å²) in [5, 5.41) is 12.1. The topological polar surface area (TPSA) is 53.6 Å². The zero-order chi connectivity index (χ0) is 12.1. The van der Waals surface area contributed by atoms with Gasteiger partial charge >= 0.3 is 0 Å². The summed E-state index contributed by atoms with van der Waals surface area (Å²) >= 11 is 0. The molecule has 0 aliphatic heterocycles. The second-order valence-electron chi connectivity index (χ2n) is 3.87. The third kappa shape index (κ3) is 2.85. The van der Waals surface area contributed by atoms with E-state index in [1.807, 2.05) is 35.9 Å². The predicted molar refractivity (Wildman–Crippen MR) is 66.6 cm³/mol. The van der Waals surface area contributed by atoms with Crippen LogP contribution in [0.4, 0.5) is 5.69 Å². The summed E-state index contributed by atoms with van der Waals surface area (Å²) in [5.74, 6) is 0. The second kappa shape index (κ2) is 5.17. The van der Waals surface area contributed by atoms with E-state index in [0.717, 1.165) is 29.9 Å². The van der Waals surface area contributed by atoms with Crippen LogP contribution in [0, 0.1) is 18.3 Å². The van der Waals surface area contributed by atoms with Gasteiger partial charge in [0.05, 0.1) is 18.0 Å². The highest BCUT2D eigenvalue weighted by Crippen LogP contribution is 2.13. The molecule has 0 fully saturated rings. The highest BCUT2D eigenvalue weighted by atomic mass is 15.0. The maximum atomic E-state index is 8.83. The molecule has 0 aliphatic rings. The molecular weight excluding hydrogens is 212 g/mol. The second-order valence-corrected chi connectivity index (χ2v) is 3.87. The van der Waals surface area contributed by atoms with Crippen molar-refractivity contribution in [3.05, 3.63) is 48.0 Å². The van der Waals surface area contributed by atoms with Crippen LogP contribution in [-0.2, 0) is 6.54 Å². The van der Waals surface area contributed by atoms with Crippen molar-refractivity contribution in [2.24, 2.45) is 0 Å². The minimum absolute atomic E-state index is 0.727. The lowest BCUT2D eigenvalue weighted by atomic mass is 10.1. The van der Waals surface area contributed by atoms with Crippen LogP contribution in [0.1, 0.15) is 11.1 Å². The van der Waals surface area contributed by atoms with Crippen molar-refractivity contribution in [3.63, 3.8) is 0 Å². The normalized spacial score (nSPS) is 9.88. The summed E-state index contributed by atoms with van der Waals surface area (Å²) in [6.45, 7) is 3.65. The lowest BCUT2D eigenvalue weighted by Crippen LogP contribution is -2.09. The summed E-state index contributed by atoms with van der Waals surface area (Å²) in [6, 6.07) is 7.93. The van der Waals surface area contributed by atoms with Crippen LogP contribution in [0.25, 0.3) is 0 Å². The van der Waals surface area contributed by atoms with Crippen LogP contribution in [0.2, 0.25) is 0 Å². The van der Waals surface area contributed by atoms with Crippen molar-refractivity contribution in [2.75, 3.05) is 11.9 Å². The fourth-order valence-corrected chi connectivity index (χ4v) is 1.65. The third-order valence-electron chi connectivity index (χ3n) is 2.61. The van der Waals surface area contributed by atoms with Crippen LogP contribution in [0.15, 0.2) is 36.9 Å². The first-order valence-electron chi connectivity index (χ1n) is 5.50. The molecule has 0 unspecified atom stereocenters. The lowest BCUT2D eigenvalue weighted by molar-refractivity contribution is 0.727. The molecule has 2 rings (SSSR count). The molecule has 0 saturated heterocycles. The molecule has 17 heavy (non-hydrogen) atoms. The Morgan fingerprint density at radius 3 is 3.00 bits per heavy atom. The van der Waals surface area contributed by atoms with Gasteiger partial charge in [0.1, 0.15) is 0 Å². The van der Waals surface area contributed by atoms with E-state index in [4.69, 9.17) is 5.26 Å². The Morgan fingerprint density at radius 1 is 1.47 bits per heavy atom. The van der Waals surface area contributed by atoms with Crippen LogP contribution >= 0.6 is 0 Å². The number of aromatic nitrogens is 2. The van der Waals surface area contributed by atoms with Gasteiger partial charge in [-0.05, 0) is 30.7 Å². The largest absolute Gasteiger partial charge is 0.383 e. The van der Waals surface area contributed by atoms with Gasteiger partial charge < -0.3 is 9.88 Å². The molecule has 1 aromatic heterocycles. The highest BCUT2D eigenvalue weighted by molar-refractivity contribution is 5.51. The number of rotatable bonds is 4. The Hall–Kier alpha value is -2.28. The van der Waals surface area contributed by atoms with Gasteiger partial charge in [-0.25, -0.2) is 4.98 Å². The molecule has 1 aromatic carbocycles. The first kappa shape index (κ1) is 11.2. The first-order valence-corrected chi connectivity index (χ1v) is 5.50. The SMILES string of the molecule is Cc1cc(NCCn2ccnc2)ccc1C#N. The zero-order valence-corrected chi connectivity index (χ0v) is 9.72. The third-order valence-corrected chi connectivity index (χ3v) is 2.61. The van der Waals surface area contributed by atoms with Gasteiger partial charge in [-0.2, -0.15) is 5.26 Å². The molecule has 2 aromatic rings. The Balaban J connectivity index is 1.91. The van der Waals surface area contributed by atoms with Crippen molar-refractivity contribution in [2.45, 2.75) is 13.5 Å². The quantitative estimate of drug-likeness (QED) is 0.869. The number of hydrogen-bond donors (Lipinski definition) is 1. The first-order chi connectivity index (χ1) is 8.29. The molecule has 0 saturated carbocycles. The molecule has 4 heteroatoms. The van der Waals surface area contributed by atoms with Gasteiger partial charge in [-0.15, -0.1) is 0 Å². The molecule has 1 N–H and O–H groups in total. The molecule has 86 valence electrons. The van der Waals surface area contributed by atoms with Crippen LogP contribution in [0.3, 0.4) is 0 Å². The van der Waals surface area contributed by atoms with Crippen molar-refractivity contribution >= 4 is 5.69 Å². The molecule has 0 amide bonds. The van der Waals surface area contributed by atoms with Gasteiger partial charge in [0.25, 0.3) is 0 Å². The maximum Gasteiger partial charge on any atom is 0.0994 e. The van der Waals surface area contributed by atoms with Gasteiger partial charge in [0.15, 0.2) is 0 Å². The Morgan fingerprint density at radius 2 is 2.35 bits per heavy atom. The molecule has 4 nitrogen and oxygen atoms in total. The van der Waals surface area contributed by atoms with Crippen molar-refractivity contribution in [1.29, 1.82) is 5.26 Å². The number of nitrogens with zero attached hydrogens (tertiary/aromatic N) is 3. The Labute approximate surface area is 101 Å². The van der Waals surface area contributed by atoms with Gasteiger partial charge in [0.2, 0.25) is 0 Å². The number of anilines is 1. The minimum atomic E-state index is 0.727. The smallest absolute Gasteiger partial charge is 0.0994 e. The zero-order valence-electron chi connectivity index (χ0n) is 9.72. The molecule has 0 spiro atoms. The number of hydrogen-bond acceptors (Lipinski definition) is 3. The van der Waals surface area contributed by atoms with Crippen molar-refractivity contribution < 1.29 is 0 Å². The van der Waals surface area contributed by atoms with E-state index in [0.29, 0.717) is 0 Å². The number of benzene rings is 1. The number of nitriles is 1. The van der Waals surface area contributed by atoms with E-state index in [2.05, 4.69) is 16.4 Å². The van der Waals surface area contributed by atoms with E-state index in [-0.39, 0.29) is 0 Å². The Bertz CT molecular complexity index is 523. The van der Waals surface area contributed by atoms with E-state index < -0.39 is 0 Å². The number of imidazole rings is 1. The van der Waals surface area contributed by atoms with Crippen LogP contribution < -0.4 is 5.32 Å². The van der Waals surface area contributed by atoms with Gasteiger partial charge in [0, 0.05) is 31.2 Å². The lowest BCUT2D eigenvalue weighted by Gasteiger charge is -2.08. The molecule has 1 heterocycles. The molecule has 0 bridgehead atoms. The fraction of sp³-hybridized carbons (Fsp3) is 0.231. The number of aryl methyl sites for hydroxylation is 1. The van der Waals surface area contributed by atoms with Gasteiger partial charge in [-0.1, -0.05) is 0 Å². The Kier molecular flexibility index (Phi) is 3.41. The van der Waals surface area contributed by atoms with E-state index in [1.165, 1.54) is 0 Å². The van der Waals surface area contributed by atoms with E-state index in [1.54, 1.807) is 12.5 Å². The summed E-state index contributed by atoms with van der Waals surface area (Å²) in [5.41, 5.74) is 2.77. The summed E-state index contributed by atoms with van der Waals surface area (Å²) < 4.78 is 2.02. The van der Waals surface area contributed by atoms with E-state index >= 15 is 0 Å². The summed E-state index contributed by atoms with van der Waals surface area (Å²) in [4.78, 5) is 3.98.